The molecule has 0 atom stereocenters. The van der Waals surface area contributed by atoms with Crippen molar-refractivity contribution in [3.8, 4) is 0 Å². The van der Waals surface area contributed by atoms with Gasteiger partial charge in [-0.2, -0.15) is 0 Å². The summed E-state index contributed by atoms with van der Waals surface area (Å²) in [6.45, 7) is 3.41. The van der Waals surface area contributed by atoms with Crippen LogP contribution in [-0.4, -0.2) is 22.7 Å². The van der Waals surface area contributed by atoms with E-state index in [9.17, 15) is 5.11 Å². The molecule has 0 unspecified atom stereocenters. The van der Waals surface area contributed by atoms with Crippen molar-refractivity contribution in [1.29, 1.82) is 0 Å². The molecule has 0 saturated heterocycles. The van der Waals surface area contributed by atoms with Gasteiger partial charge in [-0.25, -0.2) is 4.98 Å². The molecule has 3 nitrogen and oxygen atoms in total. The third-order valence-electron chi connectivity index (χ3n) is 4.18. The van der Waals surface area contributed by atoms with Gasteiger partial charge in [0.05, 0.1) is 17.2 Å². The van der Waals surface area contributed by atoms with Crippen molar-refractivity contribution in [1.82, 2.24) is 4.98 Å². The third kappa shape index (κ3) is 2.28. The maximum atomic E-state index is 9.48. The van der Waals surface area contributed by atoms with Crippen LogP contribution < -0.4 is 4.90 Å². The van der Waals surface area contributed by atoms with Crippen LogP contribution in [0.15, 0.2) is 0 Å². The molecule has 0 aromatic carbocycles. The second-order valence-electron chi connectivity index (χ2n) is 5.46. The number of hydrogen-bond acceptors (Lipinski definition) is 4. The highest BCUT2D eigenvalue weighted by Gasteiger charge is 2.31. The van der Waals surface area contributed by atoms with Gasteiger partial charge in [0, 0.05) is 18.5 Å². The molecule has 2 aliphatic carbocycles. The van der Waals surface area contributed by atoms with Crippen molar-refractivity contribution >= 4 is 16.5 Å². The van der Waals surface area contributed by atoms with Crippen molar-refractivity contribution in [3.63, 3.8) is 0 Å². The summed E-state index contributed by atoms with van der Waals surface area (Å²) in [5.74, 6) is 0.638. The topological polar surface area (TPSA) is 36.4 Å². The first-order valence-corrected chi connectivity index (χ1v) is 8.02. The van der Waals surface area contributed by atoms with Gasteiger partial charge >= 0.3 is 0 Å². The lowest BCUT2D eigenvalue weighted by Gasteiger charge is -2.26. The number of aliphatic hydroxyl groups excluding tert-OH is 1. The minimum Gasteiger partial charge on any atom is -0.391 e. The van der Waals surface area contributed by atoms with E-state index < -0.39 is 0 Å². The fourth-order valence-corrected chi connectivity index (χ4v) is 4.17. The Bertz CT molecular complexity index is 408. The first-order chi connectivity index (χ1) is 8.83. The van der Waals surface area contributed by atoms with Crippen LogP contribution in [0, 0.1) is 0 Å². The lowest BCUT2D eigenvalue weighted by atomic mass is 10.2. The van der Waals surface area contributed by atoms with Crippen LogP contribution in [0.4, 0.5) is 5.13 Å². The molecule has 3 rings (SSSR count). The lowest BCUT2D eigenvalue weighted by molar-refractivity contribution is 0.284. The predicted molar refractivity (Wildman–Crippen MR) is 75.3 cm³/mol. The fraction of sp³-hybridized carbons (Fsp3) is 0.786. The Balaban J connectivity index is 1.84. The minimum atomic E-state index is 0.158. The van der Waals surface area contributed by atoms with Crippen molar-refractivity contribution in [3.05, 3.63) is 10.6 Å². The molecule has 1 aromatic rings. The fourth-order valence-electron chi connectivity index (χ4n) is 3.03. The zero-order valence-electron chi connectivity index (χ0n) is 11.1. The number of thiazole rings is 1. The van der Waals surface area contributed by atoms with E-state index in [1.807, 2.05) is 0 Å². The van der Waals surface area contributed by atoms with Crippen LogP contribution in [0.2, 0.25) is 0 Å². The molecular formula is C14H22N2OS. The number of aromatic nitrogens is 1. The van der Waals surface area contributed by atoms with Crippen molar-refractivity contribution in [2.45, 2.75) is 64.0 Å². The Morgan fingerprint density at radius 3 is 2.56 bits per heavy atom. The van der Waals surface area contributed by atoms with Crippen LogP contribution in [0.5, 0.6) is 0 Å². The Hall–Kier alpha value is -0.610. The standard InChI is InChI=1S/C14H22N2OS/c1-2-16(11-5-3-4-6-11)14-15-13(10-7-8-10)12(9-17)18-14/h10-11,17H,2-9H2,1H3. The first kappa shape index (κ1) is 12.4. The summed E-state index contributed by atoms with van der Waals surface area (Å²) in [5.41, 5.74) is 1.19. The number of rotatable bonds is 5. The molecule has 100 valence electrons. The number of aliphatic hydroxyl groups is 1. The minimum absolute atomic E-state index is 0.158. The molecule has 0 amide bonds. The van der Waals surface area contributed by atoms with Gasteiger partial charge in [0.1, 0.15) is 0 Å². The van der Waals surface area contributed by atoms with Gasteiger partial charge in [0.2, 0.25) is 0 Å². The van der Waals surface area contributed by atoms with E-state index in [-0.39, 0.29) is 6.61 Å². The van der Waals surface area contributed by atoms with Gasteiger partial charge in [-0.3, -0.25) is 0 Å². The highest BCUT2D eigenvalue weighted by atomic mass is 32.1. The van der Waals surface area contributed by atoms with Crippen LogP contribution in [0.1, 0.15) is 61.9 Å². The van der Waals surface area contributed by atoms with Crippen LogP contribution in [-0.2, 0) is 6.61 Å². The number of nitrogens with zero attached hydrogens (tertiary/aromatic N) is 2. The molecule has 0 radical (unpaired) electrons. The summed E-state index contributed by atoms with van der Waals surface area (Å²) in [7, 11) is 0. The largest absolute Gasteiger partial charge is 0.391 e. The monoisotopic (exact) mass is 266 g/mol. The van der Waals surface area contributed by atoms with E-state index >= 15 is 0 Å². The maximum absolute atomic E-state index is 9.48. The summed E-state index contributed by atoms with van der Waals surface area (Å²) in [4.78, 5) is 8.41. The zero-order valence-corrected chi connectivity index (χ0v) is 11.9. The van der Waals surface area contributed by atoms with Gasteiger partial charge in [-0.15, -0.1) is 0 Å². The normalized spacial score (nSPS) is 20.6. The van der Waals surface area contributed by atoms with E-state index in [0.29, 0.717) is 12.0 Å². The molecule has 0 spiro atoms. The van der Waals surface area contributed by atoms with E-state index in [1.54, 1.807) is 11.3 Å². The Labute approximate surface area is 113 Å². The summed E-state index contributed by atoms with van der Waals surface area (Å²) in [6.07, 6.45) is 7.84. The summed E-state index contributed by atoms with van der Waals surface area (Å²) in [6, 6.07) is 0.680. The Morgan fingerprint density at radius 1 is 1.28 bits per heavy atom. The van der Waals surface area contributed by atoms with Crippen molar-refractivity contribution in [2.75, 3.05) is 11.4 Å². The molecule has 2 aliphatic rings. The molecule has 0 aliphatic heterocycles. The highest BCUT2D eigenvalue weighted by Crippen LogP contribution is 2.44. The van der Waals surface area contributed by atoms with Gasteiger partial charge in [-0.05, 0) is 32.6 Å². The quantitative estimate of drug-likeness (QED) is 0.888. The van der Waals surface area contributed by atoms with Crippen molar-refractivity contribution < 1.29 is 5.11 Å². The van der Waals surface area contributed by atoms with Gasteiger partial charge in [-0.1, -0.05) is 24.2 Å². The first-order valence-electron chi connectivity index (χ1n) is 7.20. The van der Waals surface area contributed by atoms with Gasteiger partial charge in [0.25, 0.3) is 0 Å². The highest BCUT2D eigenvalue weighted by molar-refractivity contribution is 7.15. The molecular weight excluding hydrogens is 244 g/mol. The summed E-state index contributed by atoms with van der Waals surface area (Å²) in [5, 5.41) is 10.6. The maximum Gasteiger partial charge on any atom is 0.186 e. The van der Waals surface area contributed by atoms with Crippen LogP contribution >= 0.6 is 11.3 Å². The molecule has 1 N–H and O–H groups in total. The smallest absolute Gasteiger partial charge is 0.186 e. The van der Waals surface area contributed by atoms with Gasteiger partial charge in [0.15, 0.2) is 5.13 Å². The second-order valence-corrected chi connectivity index (χ2v) is 6.52. The molecule has 18 heavy (non-hydrogen) atoms. The Morgan fingerprint density at radius 2 is 2.00 bits per heavy atom. The number of anilines is 1. The summed E-state index contributed by atoms with van der Waals surface area (Å²) < 4.78 is 0. The second kappa shape index (κ2) is 5.17. The van der Waals surface area contributed by atoms with Gasteiger partial charge < -0.3 is 10.0 Å². The van der Waals surface area contributed by atoms with E-state index in [2.05, 4.69) is 11.8 Å². The SMILES string of the molecule is CCN(c1nc(C2CC2)c(CO)s1)C1CCCC1. The average molecular weight is 266 g/mol. The third-order valence-corrected chi connectivity index (χ3v) is 5.27. The van der Waals surface area contributed by atoms with E-state index in [4.69, 9.17) is 4.98 Å². The van der Waals surface area contributed by atoms with E-state index in [1.165, 1.54) is 44.2 Å². The van der Waals surface area contributed by atoms with Crippen molar-refractivity contribution in [2.24, 2.45) is 0 Å². The lowest BCUT2D eigenvalue weighted by Crippen LogP contribution is -2.32. The zero-order chi connectivity index (χ0) is 12.5. The molecule has 4 heteroatoms. The average Bonchev–Trinajstić information content (AvgIpc) is 2.92. The molecule has 2 fully saturated rings. The Kier molecular flexibility index (Phi) is 3.57. The number of hydrogen-bond donors (Lipinski definition) is 1. The molecule has 0 bridgehead atoms. The molecule has 2 saturated carbocycles. The van der Waals surface area contributed by atoms with Crippen LogP contribution in [0.25, 0.3) is 0 Å². The molecule has 1 aromatic heterocycles. The van der Waals surface area contributed by atoms with Crippen LogP contribution in [0.3, 0.4) is 0 Å². The summed E-state index contributed by atoms with van der Waals surface area (Å²) >= 11 is 1.71. The van der Waals surface area contributed by atoms with E-state index in [0.717, 1.165) is 16.6 Å². The predicted octanol–water partition coefficient (Wildman–Crippen LogP) is 3.28. The molecule has 1 heterocycles.